The van der Waals surface area contributed by atoms with Crippen molar-refractivity contribution in [2.24, 2.45) is 5.73 Å². The molecule has 0 bridgehead atoms. The maximum Gasteiger partial charge on any atom is 0.0352 e. The first kappa shape index (κ1) is 12.6. The lowest BCUT2D eigenvalue weighted by Crippen LogP contribution is -2.30. The Labute approximate surface area is 105 Å². The Bertz CT molecular complexity index is 359. The highest BCUT2D eigenvalue weighted by atomic mass is 15.1. The molecule has 17 heavy (non-hydrogen) atoms. The Morgan fingerprint density at radius 3 is 2.53 bits per heavy atom. The first-order valence-corrected chi connectivity index (χ1v) is 6.66. The summed E-state index contributed by atoms with van der Waals surface area (Å²) in [5, 5.41) is 0. The van der Waals surface area contributed by atoms with Crippen molar-refractivity contribution in [3.05, 3.63) is 35.4 Å². The molecule has 2 nitrogen and oxygen atoms in total. The minimum Gasteiger partial charge on any atom is -0.322 e. The molecule has 2 rings (SSSR count). The molecule has 1 aliphatic rings. The van der Waals surface area contributed by atoms with Crippen LogP contribution in [-0.4, -0.2) is 18.0 Å². The van der Waals surface area contributed by atoms with E-state index in [1.165, 1.54) is 43.5 Å². The van der Waals surface area contributed by atoms with E-state index < -0.39 is 0 Å². The van der Waals surface area contributed by atoms with Crippen molar-refractivity contribution in [2.75, 3.05) is 13.1 Å². The zero-order valence-corrected chi connectivity index (χ0v) is 11.1. The molecule has 1 aromatic rings. The van der Waals surface area contributed by atoms with E-state index in [4.69, 9.17) is 5.73 Å². The van der Waals surface area contributed by atoms with Gasteiger partial charge in [-0.25, -0.2) is 0 Å². The molecule has 94 valence electrons. The number of hydrogen-bond donors (Lipinski definition) is 1. The number of hydrogen-bond acceptors (Lipinski definition) is 2. The second kappa shape index (κ2) is 5.19. The zero-order valence-electron chi connectivity index (χ0n) is 11.1. The van der Waals surface area contributed by atoms with E-state index in [1.807, 2.05) is 0 Å². The molecule has 0 atom stereocenters. The van der Waals surface area contributed by atoms with Crippen LogP contribution in [0, 0.1) is 0 Å². The van der Waals surface area contributed by atoms with E-state index in [0.29, 0.717) is 0 Å². The zero-order chi connectivity index (χ0) is 12.3. The summed E-state index contributed by atoms with van der Waals surface area (Å²) >= 11 is 0. The summed E-state index contributed by atoms with van der Waals surface area (Å²) in [6.45, 7) is 7.69. The van der Waals surface area contributed by atoms with Crippen molar-refractivity contribution < 1.29 is 0 Å². The molecule has 0 spiro atoms. The summed E-state index contributed by atoms with van der Waals surface area (Å²) < 4.78 is 0. The number of rotatable bonds is 3. The van der Waals surface area contributed by atoms with Gasteiger partial charge in [-0.1, -0.05) is 30.7 Å². The minimum atomic E-state index is -0.238. The van der Waals surface area contributed by atoms with Crippen LogP contribution in [0.1, 0.15) is 44.2 Å². The van der Waals surface area contributed by atoms with E-state index in [0.717, 1.165) is 6.54 Å². The average molecular weight is 232 g/mol. The van der Waals surface area contributed by atoms with Crippen molar-refractivity contribution in [1.82, 2.24) is 4.90 Å². The third-order valence-electron chi connectivity index (χ3n) is 3.53. The fraction of sp³-hybridized carbons (Fsp3) is 0.600. The lowest BCUT2D eigenvalue weighted by molar-refractivity contribution is 0.221. The molecule has 1 saturated heterocycles. The molecule has 1 aromatic carbocycles. The summed E-state index contributed by atoms with van der Waals surface area (Å²) in [6.07, 6.45) is 4.09. The summed E-state index contributed by atoms with van der Waals surface area (Å²) in [4.78, 5) is 2.55. The van der Waals surface area contributed by atoms with Gasteiger partial charge in [0.25, 0.3) is 0 Å². The fourth-order valence-electron chi connectivity index (χ4n) is 2.45. The van der Waals surface area contributed by atoms with Crippen LogP contribution in [0.25, 0.3) is 0 Å². The Hall–Kier alpha value is -0.860. The Morgan fingerprint density at radius 2 is 1.88 bits per heavy atom. The summed E-state index contributed by atoms with van der Waals surface area (Å²) in [5.41, 5.74) is 8.53. The number of piperidine rings is 1. The van der Waals surface area contributed by atoms with E-state index in [-0.39, 0.29) is 5.54 Å². The minimum absolute atomic E-state index is 0.238. The molecular weight excluding hydrogens is 208 g/mol. The number of likely N-dealkylation sites (tertiary alicyclic amines) is 1. The molecule has 2 N–H and O–H groups in total. The highest BCUT2D eigenvalue weighted by molar-refractivity contribution is 5.28. The molecule has 0 unspecified atom stereocenters. The van der Waals surface area contributed by atoms with Gasteiger partial charge in [0.05, 0.1) is 0 Å². The largest absolute Gasteiger partial charge is 0.322 e. The summed E-state index contributed by atoms with van der Waals surface area (Å²) in [7, 11) is 0. The highest BCUT2D eigenvalue weighted by Crippen LogP contribution is 2.19. The molecule has 0 aromatic heterocycles. The van der Waals surface area contributed by atoms with Crippen LogP contribution in [0.4, 0.5) is 0 Å². The van der Waals surface area contributed by atoms with Gasteiger partial charge in [-0.15, -0.1) is 0 Å². The molecular formula is C15H24N2. The Balaban J connectivity index is 2.05. The second-order valence-corrected chi connectivity index (χ2v) is 5.76. The maximum atomic E-state index is 6.15. The van der Waals surface area contributed by atoms with Crippen LogP contribution in [0.2, 0.25) is 0 Å². The Kier molecular flexibility index (Phi) is 3.85. The molecule has 1 fully saturated rings. The van der Waals surface area contributed by atoms with Crippen molar-refractivity contribution in [3.8, 4) is 0 Å². The van der Waals surface area contributed by atoms with Crippen molar-refractivity contribution in [3.63, 3.8) is 0 Å². The van der Waals surface area contributed by atoms with Crippen LogP contribution < -0.4 is 5.73 Å². The summed E-state index contributed by atoms with van der Waals surface area (Å²) in [6, 6.07) is 8.72. The van der Waals surface area contributed by atoms with Crippen molar-refractivity contribution >= 4 is 0 Å². The smallest absolute Gasteiger partial charge is 0.0352 e. The normalized spacial score (nSPS) is 18.3. The first-order valence-electron chi connectivity index (χ1n) is 6.66. The lowest BCUT2D eigenvalue weighted by atomic mass is 9.94. The van der Waals surface area contributed by atoms with Gasteiger partial charge in [-0.3, -0.25) is 4.90 Å². The molecule has 2 heteroatoms. The van der Waals surface area contributed by atoms with Crippen molar-refractivity contribution in [2.45, 2.75) is 45.2 Å². The molecule has 0 saturated carbocycles. The first-order chi connectivity index (χ1) is 8.05. The van der Waals surface area contributed by atoms with Gasteiger partial charge in [0.1, 0.15) is 0 Å². The molecule has 0 amide bonds. The third-order valence-corrected chi connectivity index (χ3v) is 3.53. The average Bonchev–Trinajstić information content (AvgIpc) is 2.29. The molecule has 0 aliphatic carbocycles. The van der Waals surface area contributed by atoms with Gasteiger partial charge in [0.2, 0.25) is 0 Å². The maximum absolute atomic E-state index is 6.15. The topological polar surface area (TPSA) is 29.3 Å². The van der Waals surface area contributed by atoms with Gasteiger partial charge in [0.15, 0.2) is 0 Å². The number of nitrogens with zero attached hydrogens (tertiary/aromatic N) is 1. The van der Waals surface area contributed by atoms with E-state index in [1.54, 1.807) is 0 Å². The van der Waals surface area contributed by atoms with Gasteiger partial charge in [-0.2, -0.15) is 0 Å². The quantitative estimate of drug-likeness (QED) is 0.868. The number of nitrogens with two attached hydrogens (primary N) is 1. The fourth-order valence-corrected chi connectivity index (χ4v) is 2.45. The lowest BCUT2D eigenvalue weighted by Gasteiger charge is -2.27. The van der Waals surface area contributed by atoms with Crippen molar-refractivity contribution in [1.29, 1.82) is 0 Å². The van der Waals surface area contributed by atoms with Crippen LogP contribution >= 0.6 is 0 Å². The Morgan fingerprint density at radius 1 is 1.18 bits per heavy atom. The van der Waals surface area contributed by atoms with Crippen LogP contribution in [-0.2, 0) is 12.1 Å². The highest BCUT2D eigenvalue weighted by Gasteiger charge is 2.15. The predicted molar refractivity (Wildman–Crippen MR) is 72.8 cm³/mol. The summed E-state index contributed by atoms with van der Waals surface area (Å²) in [5.74, 6) is 0. The van der Waals surface area contributed by atoms with E-state index >= 15 is 0 Å². The second-order valence-electron chi connectivity index (χ2n) is 5.76. The molecule has 0 radical (unpaired) electrons. The van der Waals surface area contributed by atoms with Gasteiger partial charge in [0, 0.05) is 12.1 Å². The molecule has 1 heterocycles. The van der Waals surface area contributed by atoms with Gasteiger partial charge < -0.3 is 5.73 Å². The standard InChI is InChI=1S/C15H24N2/c1-15(2,16)14-8-6-7-13(11-14)12-17-9-4-3-5-10-17/h6-8,11H,3-5,9-10,12,16H2,1-2H3. The van der Waals surface area contributed by atoms with Gasteiger partial charge in [-0.05, 0) is 50.9 Å². The molecule has 1 aliphatic heterocycles. The number of benzene rings is 1. The van der Waals surface area contributed by atoms with Crippen LogP contribution in [0.5, 0.6) is 0 Å². The van der Waals surface area contributed by atoms with E-state index in [2.05, 4.69) is 43.0 Å². The van der Waals surface area contributed by atoms with Crippen LogP contribution in [0.15, 0.2) is 24.3 Å². The predicted octanol–water partition coefficient (Wildman–Crippen LogP) is 2.87. The SMILES string of the molecule is CC(C)(N)c1cccc(CN2CCCCC2)c1. The monoisotopic (exact) mass is 232 g/mol. The van der Waals surface area contributed by atoms with Gasteiger partial charge >= 0.3 is 0 Å². The third kappa shape index (κ3) is 3.55. The van der Waals surface area contributed by atoms with Crippen LogP contribution in [0.3, 0.4) is 0 Å². The van der Waals surface area contributed by atoms with E-state index in [9.17, 15) is 0 Å².